The maximum atomic E-state index is 12.7. The molecule has 0 fully saturated rings. The molecular formula is C34H33N3O6. The molecule has 1 aliphatic carbocycles. The molecule has 5 rings (SSSR count). The normalized spacial score (nSPS) is 12.9. The molecule has 9 nitrogen and oxygen atoms in total. The summed E-state index contributed by atoms with van der Waals surface area (Å²) in [5.41, 5.74) is 5.84. The number of anilines is 1. The zero-order valence-corrected chi connectivity index (χ0v) is 24.2. The van der Waals surface area contributed by atoms with Gasteiger partial charge in [0.2, 0.25) is 0 Å². The van der Waals surface area contributed by atoms with Gasteiger partial charge in [-0.25, -0.2) is 19.4 Å². The van der Waals surface area contributed by atoms with Gasteiger partial charge < -0.3 is 19.9 Å². The van der Waals surface area contributed by atoms with Crippen LogP contribution >= 0.6 is 0 Å². The Morgan fingerprint density at radius 3 is 2.05 bits per heavy atom. The quantitative estimate of drug-likeness (QED) is 0.214. The number of carbonyl (C=O) groups is 3. The first-order valence-corrected chi connectivity index (χ1v) is 14.0. The van der Waals surface area contributed by atoms with Gasteiger partial charge in [0.05, 0.1) is 0 Å². The van der Waals surface area contributed by atoms with Crippen LogP contribution in [-0.4, -0.2) is 46.5 Å². The minimum Gasteiger partial charge on any atom is -0.480 e. The summed E-state index contributed by atoms with van der Waals surface area (Å²) in [6.45, 7) is 5.41. The lowest BCUT2D eigenvalue weighted by Crippen LogP contribution is -2.42. The Morgan fingerprint density at radius 1 is 0.837 bits per heavy atom. The van der Waals surface area contributed by atoms with Crippen LogP contribution in [0, 0.1) is 0 Å². The highest BCUT2D eigenvalue weighted by Gasteiger charge is 2.30. The Hall–Kier alpha value is -5.18. The van der Waals surface area contributed by atoms with Crippen LogP contribution in [0.5, 0.6) is 0 Å². The number of hydrogen-bond donors (Lipinski definition) is 3. The summed E-state index contributed by atoms with van der Waals surface area (Å²) in [7, 11) is 0. The molecule has 4 aromatic rings. The van der Waals surface area contributed by atoms with Crippen LogP contribution in [-0.2, 0) is 20.7 Å². The van der Waals surface area contributed by atoms with E-state index in [1.165, 1.54) is 0 Å². The van der Waals surface area contributed by atoms with Crippen LogP contribution in [0.1, 0.15) is 43.4 Å². The van der Waals surface area contributed by atoms with Crippen molar-refractivity contribution in [3.63, 3.8) is 0 Å². The van der Waals surface area contributed by atoms with Crippen molar-refractivity contribution in [1.29, 1.82) is 0 Å². The van der Waals surface area contributed by atoms with Gasteiger partial charge in [-0.1, -0.05) is 72.8 Å². The van der Waals surface area contributed by atoms with Crippen molar-refractivity contribution in [2.75, 3.05) is 11.9 Å². The SMILES string of the molecule is CC(C)(C)OC(=O)Nc1ncccc1-c1ccc(C[C@H](NC(=O)OCC2c3ccccc3-c3ccccc32)C(=O)O)cc1. The van der Waals surface area contributed by atoms with Gasteiger partial charge in [0.1, 0.15) is 24.1 Å². The van der Waals surface area contributed by atoms with Crippen LogP contribution in [0.3, 0.4) is 0 Å². The first-order valence-electron chi connectivity index (χ1n) is 14.0. The van der Waals surface area contributed by atoms with Crippen molar-refractivity contribution in [3.8, 4) is 22.3 Å². The molecule has 3 N–H and O–H groups in total. The monoisotopic (exact) mass is 579 g/mol. The summed E-state index contributed by atoms with van der Waals surface area (Å²) in [6, 6.07) is 25.5. The highest BCUT2D eigenvalue weighted by Crippen LogP contribution is 2.44. The van der Waals surface area contributed by atoms with E-state index in [2.05, 4.69) is 15.6 Å². The van der Waals surface area contributed by atoms with Crippen molar-refractivity contribution >= 4 is 24.0 Å². The summed E-state index contributed by atoms with van der Waals surface area (Å²) in [4.78, 5) is 41.3. The van der Waals surface area contributed by atoms with E-state index in [4.69, 9.17) is 9.47 Å². The number of carboxylic acid groups (broad SMARTS) is 1. The number of carboxylic acids is 1. The van der Waals surface area contributed by atoms with Crippen molar-refractivity contribution in [1.82, 2.24) is 10.3 Å². The summed E-state index contributed by atoms with van der Waals surface area (Å²) in [6.07, 6.45) is 0.208. The zero-order valence-electron chi connectivity index (χ0n) is 24.2. The Bertz CT molecular complexity index is 1600. The Labute approximate surface area is 249 Å². The van der Waals surface area contributed by atoms with Gasteiger partial charge in [-0.15, -0.1) is 0 Å². The van der Waals surface area contributed by atoms with Crippen molar-refractivity contribution in [2.45, 2.75) is 44.8 Å². The molecule has 220 valence electrons. The highest BCUT2D eigenvalue weighted by molar-refractivity contribution is 5.90. The van der Waals surface area contributed by atoms with E-state index in [9.17, 15) is 19.5 Å². The molecule has 9 heteroatoms. The van der Waals surface area contributed by atoms with Crippen LogP contribution in [0.4, 0.5) is 15.4 Å². The number of ether oxygens (including phenoxy) is 2. The standard InChI is InChI=1S/C34H33N3O6/c1-34(2,3)43-33(41)37-30-23(13-8-18-35-30)22-16-14-21(15-17-22)19-29(31(38)39)36-32(40)42-20-28-26-11-6-4-9-24(26)25-10-5-7-12-27(25)28/h4-18,28-29H,19-20H2,1-3H3,(H,36,40)(H,38,39)(H,35,37,41)/t29-/m0/s1. The lowest BCUT2D eigenvalue weighted by Gasteiger charge is -2.20. The van der Waals surface area contributed by atoms with Gasteiger partial charge in [-0.3, -0.25) is 5.32 Å². The molecule has 1 aromatic heterocycles. The average Bonchev–Trinajstić information content (AvgIpc) is 3.29. The molecule has 0 spiro atoms. The second-order valence-corrected chi connectivity index (χ2v) is 11.3. The molecule has 2 amide bonds. The van der Waals surface area contributed by atoms with Crippen molar-refractivity contribution < 1.29 is 29.0 Å². The van der Waals surface area contributed by atoms with Gasteiger partial charge in [-0.2, -0.15) is 0 Å². The Morgan fingerprint density at radius 2 is 1.44 bits per heavy atom. The summed E-state index contributed by atoms with van der Waals surface area (Å²) in [5.74, 6) is -0.963. The molecule has 0 saturated heterocycles. The smallest absolute Gasteiger partial charge is 0.413 e. The van der Waals surface area contributed by atoms with Crippen LogP contribution in [0.2, 0.25) is 0 Å². The molecule has 0 unspecified atom stereocenters. The number of nitrogens with zero attached hydrogens (tertiary/aromatic N) is 1. The van der Waals surface area contributed by atoms with E-state index < -0.39 is 29.8 Å². The molecule has 3 aromatic carbocycles. The molecule has 0 radical (unpaired) electrons. The molecular weight excluding hydrogens is 546 g/mol. The lowest BCUT2D eigenvalue weighted by molar-refractivity contribution is -0.139. The second-order valence-electron chi connectivity index (χ2n) is 11.3. The number of hydrogen-bond acceptors (Lipinski definition) is 6. The number of benzene rings is 3. The summed E-state index contributed by atoms with van der Waals surface area (Å²) in [5, 5.41) is 15.0. The number of alkyl carbamates (subject to hydrolysis) is 1. The maximum Gasteiger partial charge on any atom is 0.413 e. The zero-order chi connectivity index (χ0) is 30.6. The number of nitrogens with one attached hydrogen (secondary N) is 2. The Kier molecular flexibility index (Phi) is 8.43. The molecule has 0 saturated carbocycles. The minimum atomic E-state index is -1.19. The largest absolute Gasteiger partial charge is 0.480 e. The van der Waals surface area contributed by atoms with Gasteiger partial charge in [0.15, 0.2) is 0 Å². The number of carbonyl (C=O) groups excluding carboxylic acids is 2. The number of aliphatic carboxylic acids is 1. The van der Waals surface area contributed by atoms with E-state index in [1.54, 1.807) is 57.3 Å². The summed E-state index contributed by atoms with van der Waals surface area (Å²) < 4.78 is 10.9. The van der Waals surface area contributed by atoms with E-state index in [0.717, 1.165) is 27.8 Å². The molecule has 1 aliphatic rings. The predicted molar refractivity (Wildman–Crippen MR) is 163 cm³/mol. The van der Waals surface area contributed by atoms with E-state index >= 15 is 0 Å². The highest BCUT2D eigenvalue weighted by atomic mass is 16.6. The van der Waals surface area contributed by atoms with Gasteiger partial charge in [0, 0.05) is 24.1 Å². The van der Waals surface area contributed by atoms with Crippen LogP contribution < -0.4 is 10.6 Å². The molecule has 0 bridgehead atoms. The minimum absolute atomic E-state index is 0.0515. The predicted octanol–water partition coefficient (Wildman–Crippen LogP) is 6.63. The average molecular weight is 580 g/mol. The first-order chi connectivity index (χ1) is 20.6. The fourth-order valence-corrected chi connectivity index (χ4v) is 5.18. The fourth-order valence-electron chi connectivity index (χ4n) is 5.18. The van der Waals surface area contributed by atoms with E-state index in [0.29, 0.717) is 16.9 Å². The maximum absolute atomic E-state index is 12.7. The van der Waals surface area contributed by atoms with Crippen LogP contribution in [0.15, 0.2) is 91.1 Å². The molecule has 1 heterocycles. The third kappa shape index (κ3) is 7.01. The topological polar surface area (TPSA) is 127 Å². The summed E-state index contributed by atoms with van der Waals surface area (Å²) >= 11 is 0. The lowest BCUT2D eigenvalue weighted by atomic mass is 9.98. The number of pyridine rings is 1. The number of fused-ring (bicyclic) bond motifs is 3. The number of rotatable bonds is 8. The molecule has 1 atom stereocenters. The molecule has 43 heavy (non-hydrogen) atoms. The van der Waals surface area contributed by atoms with E-state index in [-0.39, 0.29) is 18.9 Å². The van der Waals surface area contributed by atoms with Crippen molar-refractivity contribution in [3.05, 3.63) is 108 Å². The second kappa shape index (κ2) is 12.4. The Balaban J connectivity index is 1.22. The molecule has 0 aliphatic heterocycles. The number of amides is 2. The van der Waals surface area contributed by atoms with Gasteiger partial charge in [-0.05, 0) is 66.3 Å². The van der Waals surface area contributed by atoms with Crippen LogP contribution in [0.25, 0.3) is 22.3 Å². The third-order valence-corrected chi connectivity index (χ3v) is 7.07. The third-order valence-electron chi connectivity index (χ3n) is 7.07. The number of aromatic nitrogens is 1. The van der Waals surface area contributed by atoms with E-state index in [1.807, 2.05) is 54.6 Å². The van der Waals surface area contributed by atoms with Gasteiger partial charge >= 0.3 is 18.2 Å². The van der Waals surface area contributed by atoms with Gasteiger partial charge in [0.25, 0.3) is 0 Å². The van der Waals surface area contributed by atoms with Crippen molar-refractivity contribution in [2.24, 2.45) is 0 Å². The first kappa shape index (κ1) is 29.3. The fraction of sp³-hybridized carbons (Fsp3) is 0.235.